The van der Waals surface area contributed by atoms with E-state index in [2.05, 4.69) is 6.92 Å². The zero-order chi connectivity index (χ0) is 17.7. The molecule has 1 aromatic rings. The largest absolute Gasteiger partial charge is 0.396 e. The molecule has 1 aromatic carbocycles. The summed E-state index contributed by atoms with van der Waals surface area (Å²) < 4.78 is 0. The average molecular weight is 388 g/mol. The molecule has 0 aliphatic carbocycles. The lowest BCUT2D eigenvalue weighted by Crippen LogP contribution is -2.32. The minimum Gasteiger partial charge on any atom is -0.396 e. The highest BCUT2D eigenvalue weighted by Crippen LogP contribution is 2.39. The second-order valence-corrected chi connectivity index (χ2v) is 7.32. The fourth-order valence-corrected chi connectivity index (χ4v) is 3.86. The SMILES string of the molecule is CCCCCN1C(=O)C(SCCO)=C(c2ccc(Cl)cc2Cl)C1=O. The maximum atomic E-state index is 12.8. The van der Waals surface area contributed by atoms with Crippen LogP contribution in [0.25, 0.3) is 5.57 Å². The fourth-order valence-electron chi connectivity index (χ4n) is 2.49. The Balaban J connectivity index is 2.39. The smallest absolute Gasteiger partial charge is 0.267 e. The summed E-state index contributed by atoms with van der Waals surface area (Å²) >= 11 is 13.3. The van der Waals surface area contributed by atoms with Crippen LogP contribution in [0.15, 0.2) is 23.1 Å². The lowest BCUT2D eigenvalue weighted by atomic mass is 10.1. The van der Waals surface area contributed by atoms with E-state index in [-0.39, 0.29) is 18.4 Å². The van der Waals surface area contributed by atoms with Crippen molar-refractivity contribution in [3.63, 3.8) is 0 Å². The van der Waals surface area contributed by atoms with E-state index in [0.717, 1.165) is 19.3 Å². The Morgan fingerprint density at radius 3 is 2.54 bits per heavy atom. The van der Waals surface area contributed by atoms with Gasteiger partial charge in [0.25, 0.3) is 11.8 Å². The van der Waals surface area contributed by atoms with Crippen LogP contribution in [0.2, 0.25) is 10.0 Å². The summed E-state index contributed by atoms with van der Waals surface area (Å²) in [6.45, 7) is 2.38. The third-order valence-electron chi connectivity index (χ3n) is 3.65. The number of amides is 2. The van der Waals surface area contributed by atoms with Gasteiger partial charge < -0.3 is 5.11 Å². The van der Waals surface area contributed by atoms with Crippen LogP contribution in [0, 0.1) is 0 Å². The highest BCUT2D eigenvalue weighted by Gasteiger charge is 2.39. The Bertz CT molecular complexity index is 676. The van der Waals surface area contributed by atoms with Crippen molar-refractivity contribution in [2.45, 2.75) is 26.2 Å². The second-order valence-electron chi connectivity index (χ2n) is 5.37. The lowest BCUT2D eigenvalue weighted by Gasteiger charge is -2.14. The van der Waals surface area contributed by atoms with Gasteiger partial charge in [0.2, 0.25) is 0 Å². The van der Waals surface area contributed by atoms with E-state index in [4.69, 9.17) is 28.3 Å². The van der Waals surface area contributed by atoms with Gasteiger partial charge in [-0.3, -0.25) is 14.5 Å². The maximum absolute atomic E-state index is 12.8. The van der Waals surface area contributed by atoms with Crippen molar-refractivity contribution in [2.75, 3.05) is 18.9 Å². The van der Waals surface area contributed by atoms with E-state index in [0.29, 0.717) is 38.4 Å². The molecule has 1 aliphatic rings. The standard InChI is InChI=1S/C17H19Cl2NO3S/c1-2-3-4-7-20-16(22)14(15(17(20)23)24-9-8-21)12-6-5-11(18)10-13(12)19/h5-6,10,21H,2-4,7-9H2,1H3. The number of hydrogen-bond acceptors (Lipinski definition) is 4. The predicted molar refractivity (Wildman–Crippen MR) is 99.2 cm³/mol. The van der Waals surface area contributed by atoms with Crippen molar-refractivity contribution < 1.29 is 14.7 Å². The van der Waals surface area contributed by atoms with Crippen LogP contribution in [-0.4, -0.2) is 40.7 Å². The van der Waals surface area contributed by atoms with E-state index in [9.17, 15) is 9.59 Å². The van der Waals surface area contributed by atoms with Gasteiger partial charge in [-0.1, -0.05) is 49.0 Å². The molecule has 0 atom stereocenters. The number of aliphatic hydroxyl groups is 1. The second kappa shape index (κ2) is 8.90. The van der Waals surface area contributed by atoms with Gasteiger partial charge in [-0.05, 0) is 18.6 Å². The number of carbonyl (C=O) groups excluding carboxylic acids is 2. The van der Waals surface area contributed by atoms with Gasteiger partial charge in [-0.2, -0.15) is 0 Å². The first-order chi connectivity index (χ1) is 11.5. The molecule has 1 N–H and O–H groups in total. The van der Waals surface area contributed by atoms with Crippen molar-refractivity contribution >= 4 is 52.4 Å². The number of unbranched alkanes of at least 4 members (excludes halogenated alkanes) is 2. The maximum Gasteiger partial charge on any atom is 0.267 e. The molecule has 0 saturated heterocycles. The number of imide groups is 1. The van der Waals surface area contributed by atoms with Gasteiger partial charge in [0.05, 0.1) is 22.1 Å². The number of nitrogens with zero attached hydrogens (tertiary/aromatic N) is 1. The monoisotopic (exact) mass is 387 g/mol. The van der Waals surface area contributed by atoms with Crippen LogP contribution in [-0.2, 0) is 9.59 Å². The first-order valence-electron chi connectivity index (χ1n) is 7.80. The van der Waals surface area contributed by atoms with Gasteiger partial charge in [-0.15, -0.1) is 11.8 Å². The Morgan fingerprint density at radius 2 is 1.92 bits per heavy atom. The molecule has 7 heteroatoms. The summed E-state index contributed by atoms with van der Waals surface area (Å²) in [5.74, 6) is -0.303. The molecule has 0 bridgehead atoms. The normalized spacial score (nSPS) is 14.9. The molecule has 1 aliphatic heterocycles. The van der Waals surface area contributed by atoms with Crippen molar-refractivity contribution in [2.24, 2.45) is 0 Å². The van der Waals surface area contributed by atoms with E-state index in [1.807, 2.05) is 0 Å². The van der Waals surface area contributed by atoms with Crippen LogP contribution in [0.4, 0.5) is 0 Å². The van der Waals surface area contributed by atoms with Crippen LogP contribution >= 0.6 is 35.0 Å². The molecule has 24 heavy (non-hydrogen) atoms. The molecule has 0 saturated carbocycles. The molecular formula is C17H19Cl2NO3S. The summed E-state index contributed by atoms with van der Waals surface area (Å²) in [7, 11) is 0. The first kappa shape index (κ1) is 19.3. The highest BCUT2D eigenvalue weighted by atomic mass is 35.5. The topological polar surface area (TPSA) is 57.6 Å². The molecule has 4 nitrogen and oxygen atoms in total. The molecular weight excluding hydrogens is 369 g/mol. The zero-order valence-electron chi connectivity index (χ0n) is 13.3. The summed E-state index contributed by atoms with van der Waals surface area (Å²) in [6, 6.07) is 4.85. The van der Waals surface area contributed by atoms with Crippen molar-refractivity contribution in [1.82, 2.24) is 4.90 Å². The molecule has 1 heterocycles. The van der Waals surface area contributed by atoms with Crippen molar-refractivity contribution in [1.29, 1.82) is 0 Å². The molecule has 0 aromatic heterocycles. The Morgan fingerprint density at radius 1 is 1.17 bits per heavy atom. The fraction of sp³-hybridized carbons (Fsp3) is 0.412. The first-order valence-corrected chi connectivity index (χ1v) is 9.55. The molecule has 130 valence electrons. The number of aliphatic hydroxyl groups excluding tert-OH is 1. The third kappa shape index (κ3) is 4.14. The average Bonchev–Trinajstić information content (AvgIpc) is 2.77. The van der Waals surface area contributed by atoms with Gasteiger partial charge >= 0.3 is 0 Å². The number of carbonyl (C=O) groups is 2. The van der Waals surface area contributed by atoms with Gasteiger partial charge in [0.1, 0.15) is 0 Å². The van der Waals surface area contributed by atoms with E-state index < -0.39 is 0 Å². The zero-order valence-corrected chi connectivity index (χ0v) is 15.7. The number of benzene rings is 1. The van der Waals surface area contributed by atoms with Crippen molar-refractivity contribution in [3.05, 3.63) is 38.7 Å². The summed E-state index contributed by atoms with van der Waals surface area (Å²) in [5.41, 5.74) is 0.800. The molecule has 2 amide bonds. The van der Waals surface area contributed by atoms with Crippen LogP contribution < -0.4 is 0 Å². The van der Waals surface area contributed by atoms with Crippen LogP contribution in [0.5, 0.6) is 0 Å². The number of thioether (sulfide) groups is 1. The van der Waals surface area contributed by atoms with Crippen LogP contribution in [0.1, 0.15) is 31.7 Å². The van der Waals surface area contributed by atoms with Crippen LogP contribution in [0.3, 0.4) is 0 Å². The van der Waals surface area contributed by atoms with Gasteiger partial charge in [0.15, 0.2) is 0 Å². The Kier molecular flexibility index (Phi) is 7.16. The summed E-state index contributed by atoms with van der Waals surface area (Å²) in [6.07, 6.45) is 2.73. The quantitative estimate of drug-likeness (QED) is 0.541. The van der Waals surface area contributed by atoms with Gasteiger partial charge in [0, 0.05) is 22.9 Å². The predicted octanol–water partition coefficient (Wildman–Crippen LogP) is 3.99. The molecule has 0 unspecified atom stereocenters. The molecule has 0 fully saturated rings. The summed E-state index contributed by atoms with van der Waals surface area (Å²) in [4.78, 5) is 27.1. The van der Waals surface area contributed by atoms with E-state index in [1.165, 1.54) is 16.7 Å². The Hall–Kier alpha value is -1.01. The number of hydrogen-bond donors (Lipinski definition) is 1. The Labute approximate surface area is 155 Å². The summed E-state index contributed by atoms with van der Waals surface area (Å²) in [5, 5.41) is 9.86. The lowest BCUT2D eigenvalue weighted by molar-refractivity contribution is -0.136. The number of rotatable bonds is 8. The van der Waals surface area contributed by atoms with Crippen molar-refractivity contribution in [3.8, 4) is 0 Å². The molecule has 2 rings (SSSR count). The number of halogens is 2. The minimum absolute atomic E-state index is 0.0763. The van der Waals surface area contributed by atoms with E-state index in [1.54, 1.807) is 18.2 Å². The minimum atomic E-state index is -0.333. The van der Waals surface area contributed by atoms with E-state index >= 15 is 0 Å². The third-order valence-corrected chi connectivity index (χ3v) is 5.25. The molecule has 0 spiro atoms. The highest BCUT2D eigenvalue weighted by molar-refractivity contribution is 8.04. The van der Waals surface area contributed by atoms with Gasteiger partial charge in [-0.25, -0.2) is 0 Å². The molecule has 0 radical (unpaired) electrons.